The van der Waals surface area contributed by atoms with Gasteiger partial charge in [0.25, 0.3) is 0 Å². The smallest absolute Gasteiger partial charge is 0.0175 e. The molecule has 2 rings (SSSR count). The molecule has 1 nitrogen and oxygen atoms in total. The molecule has 1 N–H and O–H groups in total. The van der Waals surface area contributed by atoms with Gasteiger partial charge in [-0.15, -0.1) is 0 Å². The number of hydrogen-bond acceptors (Lipinski definition) is 1. The van der Waals surface area contributed by atoms with Crippen LogP contribution in [-0.2, 0) is 6.42 Å². The summed E-state index contributed by atoms with van der Waals surface area (Å²) in [7, 11) is 0. The SMILES string of the molecule is CC(C)CNCC1(Cc2ccc(Br)cc2)CC1. The van der Waals surface area contributed by atoms with Crippen molar-refractivity contribution in [2.75, 3.05) is 13.1 Å². The first-order valence-electron chi connectivity index (χ1n) is 6.55. The Morgan fingerprint density at radius 3 is 2.41 bits per heavy atom. The van der Waals surface area contributed by atoms with E-state index in [0.29, 0.717) is 5.41 Å². The summed E-state index contributed by atoms with van der Waals surface area (Å²) in [6.07, 6.45) is 3.99. The normalized spacial score (nSPS) is 17.4. The number of halogens is 1. The maximum atomic E-state index is 3.61. The molecule has 1 fully saturated rings. The van der Waals surface area contributed by atoms with Gasteiger partial charge in [0.05, 0.1) is 0 Å². The third-order valence-electron chi connectivity index (χ3n) is 3.50. The molecule has 0 bridgehead atoms. The Kier molecular flexibility index (Phi) is 4.26. The van der Waals surface area contributed by atoms with Gasteiger partial charge in [-0.05, 0) is 54.8 Å². The molecule has 0 saturated heterocycles. The molecular weight excluding hydrogens is 274 g/mol. The fourth-order valence-electron chi connectivity index (χ4n) is 2.25. The van der Waals surface area contributed by atoms with E-state index < -0.39 is 0 Å². The van der Waals surface area contributed by atoms with Crippen LogP contribution < -0.4 is 5.32 Å². The van der Waals surface area contributed by atoms with Crippen molar-refractivity contribution in [3.63, 3.8) is 0 Å². The molecular formula is C15H22BrN. The van der Waals surface area contributed by atoms with Gasteiger partial charge in [0.2, 0.25) is 0 Å². The van der Waals surface area contributed by atoms with Gasteiger partial charge in [0, 0.05) is 11.0 Å². The van der Waals surface area contributed by atoms with Gasteiger partial charge in [-0.3, -0.25) is 0 Å². The Hall–Kier alpha value is -0.340. The summed E-state index contributed by atoms with van der Waals surface area (Å²) in [4.78, 5) is 0. The average molecular weight is 296 g/mol. The van der Waals surface area contributed by atoms with E-state index in [4.69, 9.17) is 0 Å². The van der Waals surface area contributed by atoms with E-state index in [-0.39, 0.29) is 0 Å². The predicted octanol–water partition coefficient (Wildman–Crippen LogP) is 4.02. The first-order chi connectivity index (χ1) is 8.10. The summed E-state index contributed by atoms with van der Waals surface area (Å²) in [5.41, 5.74) is 2.03. The van der Waals surface area contributed by atoms with E-state index in [1.54, 1.807) is 0 Å². The van der Waals surface area contributed by atoms with E-state index in [9.17, 15) is 0 Å². The van der Waals surface area contributed by atoms with Crippen LogP contribution in [0.3, 0.4) is 0 Å². The van der Waals surface area contributed by atoms with Crippen LogP contribution in [0.1, 0.15) is 32.3 Å². The Balaban J connectivity index is 1.83. The average Bonchev–Trinajstić information content (AvgIpc) is 3.01. The van der Waals surface area contributed by atoms with Gasteiger partial charge in [0.1, 0.15) is 0 Å². The van der Waals surface area contributed by atoms with Gasteiger partial charge >= 0.3 is 0 Å². The highest BCUT2D eigenvalue weighted by atomic mass is 79.9. The molecule has 0 aromatic heterocycles. The van der Waals surface area contributed by atoms with Crippen LogP contribution in [0.15, 0.2) is 28.7 Å². The van der Waals surface area contributed by atoms with Gasteiger partial charge < -0.3 is 5.32 Å². The van der Waals surface area contributed by atoms with Crippen molar-refractivity contribution in [2.24, 2.45) is 11.3 Å². The molecule has 2 heteroatoms. The predicted molar refractivity (Wildman–Crippen MR) is 77.2 cm³/mol. The molecule has 0 spiro atoms. The Labute approximate surface area is 113 Å². The third kappa shape index (κ3) is 4.11. The van der Waals surface area contributed by atoms with E-state index >= 15 is 0 Å². The van der Waals surface area contributed by atoms with Crippen LogP contribution in [0.4, 0.5) is 0 Å². The van der Waals surface area contributed by atoms with Crippen LogP contribution in [0.25, 0.3) is 0 Å². The molecule has 94 valence electrons. The van der Waals surface area contributed by atoms with Gasteiger partial charge in [-0.2, -0.15) is 0 Å². The third-order valence-corrected chi connectivity index (χ3v) is 4.03. The standard InChI is InChI=1S/C15H22BrN/c1-12(2)10-17-11-15(7-8-15)9-13-3-5-14(16)6-4-13/h3-6,12,17H,7-11H2,1-2H3. The van der Waals surface area contributed by atoms with Crippen molar-refractivity contribution >= 4 is 15.9 Å². The first kappa shape index (κ1) is 13.1. The summed E-state index contributed by atoms with van der Waals surface area (Å²) in [6, 6.07) is 8.78. The van der Waals surface area contributed by atoms with Crippen molar-refractivity contribution in [2.45, 2.75) is 33.1 Å². The van der Waals surface area contributed by atoms with Crippen molar-refractivity contribution < 1.29 is 0 Å². The van der Waals surface area contributed by atoms with Crippen molar-refractivity contribution in [3.05, 3.63) is 34.3 Å². The second-order valence-corrected chi connectivity index (χ2v) is 6.74. The molecule has 0 amide bonds. The molecule has 0 radical (unpaired) electrons. The van der Waals surface area contributed by atoms with Crippen LogP contribution >= 0.6 is 15.9 Å². The number of hydrogen-bond donors (Lipinski definition) is 1. The van der Waals surface area contributed by atoms with Crippen LogP contribution in [0.5, 0.6) is 0 Å². The maximum Gasteiger partial charge on any atom is 0.0175 e. The van der Waals surface area contributed by atoms with Crippen molar-refractivity contribution in [3.8, 4) is 0 Å². The quantitative estimate of drug-likeness (QED) is 0.836. The minimum Gasteiger partial charge on any atom is -0.316 e. The van der Waals surface area contributed by atoms with Gasteiger partial charge in [-0.1, -0.05) is 41.9 Å². The highest BCUT2D eigenvalue weighted by molar-refractivity contribution is 9.10. The lowest BCUT2D eigenvalue weighted by Gasteiger charge is -2.17. The fourth-order valence-corrected chi connectivity index (χ4v) is 2.52. The lowest BCUT2D eigenvalue weighted by atomic mass is 9.96. The second kappa shape index (κ2) is 5.53. The summed E-state index contributed by atoms with van der Waals surface area (Å²) >= 11 is 3.49. The zero-order valence-corrected chi connectivity index (χ0v) is 12.4. The molecule has 1 saturated carbocycles. The Morgan fingerprint density at radius 2 is 1.88 bits per heavy atom. The van der Waals surface area contributed by atoms with Gasteiger partial charge in [0.15, 0.2) is 0 Å². The Morgan fingerprint density at radius 1 is 1.24 bits per heavy atom. The summed E-state index contributed by atoms with van der Waals surface area (Å²) in [6.45, 7) is 6.85. The molecule has 1 aliphatic carbocycles. The van der Waals surface area contributed by atoms with E-state index in [1.165, 1.54) is 35.8 Å². The van der Waals surface area contributed by atoms with Crippen LogP contribution in [0, 0.1) is 11.3 Å². The summed E-state index contributed by atoms with van der Waals surface area (Å²) in [5.74, 6) is 0.749. The monoisotopic (exact) mass is 295 g/mol. The number of nitrogens with one attached hydrogen (secondary N) is 1. The number of rotatable bonds is 6. The fraction of sp³-hybridized carbons (Fsp3) is 0.600. The zero-order valence-electron chi connectivity index (χ0n) is 10.8. The lowest BCUT2D eigenvalue weighted by molar-refractivity contribution is 0.432. The topological polar surface area (TPSA) is 12.0 Å². The highest BCUT2D eigenvalue weighted by Gasteiger charge is 2.41. The van der Waals surface area contributed by atoms with E-state index in [0.717, 1.165) is 12.5 Å². The van der Waals surface area contributed by atoms with Crippen molar-refractivity contribution in [1.29, 1.82) is 0 Å². The molecule has 0 unspecified atom stereocenters. The molecule has 0 aliphatic heterocycles. The number of benzene rings is 1. The molecule has 0 heterocycles. The minimum absolute atomic E-state index is 0.558. The first-order valence-corrected chi connectivity index (χ1v) is 7.34. The molecule has 1 aromatic rings. The highest BCUT2D eigenvalue weighted by Crippen LogP contribution is 2.47. The molecule has 17 heavy (non-hydrogen) atoms. The lowest BCUT2D eigenvalue weighted by Crippen LogP contribution is -2.28. The minimum atomic E-state index is 0.558. The second-order valence-electron chi connectivity index (χ2n) is 5.83. The van der Waals surface area contributed by atoms with Crippen LogP contribution in [0.2, 0.25) is 0 Å². The molecule has 1 aromatic carbocycles. The Bertz CT molecular complexity index is 352. The molecule has 0 atom stereocenters. The maximum absolute atomic E-state index is 3.61. The zero-order chi connectivity index (χ0) is 12.3. The largest absolute Gasteiger partial charge is 0.316 e. The molecule has 1 aliphatic rings. The summed E-state index contributed by atoms with van der Waals surface area (Å²) in [5, 5.41) is 3.61. The van der Waals surface area contributed by atoms with E-state index in [2.05, 4.69) is 59.4 Å². The van der Waals surface area contributed by atoms with Gasteiger partial charge in [-0.25, -0.2) is 0 Å². The van der Waals surface area contributed by atoms with Crippen molar-refractivity contribution in [1.82, 2.24) is 5.32 Å². The summed E-state index contributed by atoms with van der Waals surface area (Å²) < 4.78 is 1.17. The van der Waals surface area contributed by atoms with Crippen LogP contribution in [-0.4, -0.2) is 13.1 Å². The van der Waals surface area contributed by atoms with E-state index in [1.807, 2.05) is 0 Å².